The minimum atomic E-state index is 0.181. The van der Waals surface area contributed by atoms with E-state index >= 15 is 0 Å². The molecule has 1 aliphatic heterocycles. The monoisotopic (exact) mass is 184 g/mol. The first-order chi connectivity index (χ1) is 6.13. The predicted molar refractivity (Wildman–Crippen MR) is 53.8 cm³/mol. The fraction of sp³-hybridized carbons (Fsp3) is 0.900. The highest BCUT2D eigenvalue weighted by molar-refractivity contribution is 5.53. The van der Waals surface area contributed by atoms with E-state index in [1.807, 2.05) is 6.92 Å². The van der Waals surface area contributed by atoms with Crippen LogP contribution < -0.4 is 0 Å². The van der Waals surface area contributed by atoms with Gasteiger partial charge in [0.2, 0.25) is 0 Å². The molecule has 2 atom stereocenters. The second kappa shape index (κ2) is 4.72. The lowest BCUT2D eigenvalue weighted by atomic mass is 10.2. The number of carbonyl (C=O) groups is 1. The molecule has 0 bridgehead atoms. The van der Waals surface area contributed by atoms with E-state index in [0.29, 0.717) is 6.04 Å². The van der Waals surface area contributed by atoms with Gasteiger partial charge >= 0.3 is 0 Å². The molecule has 76 valence electrons. The van der Waals surface area contributed by atoms with Gasteiger partial charge in [0.05, 0.1) is 0 Å². The number of carbonyl (C=O) groups excluding carboxylic acids is 1. The van der Waals surface area contributed by atoms with Gasteiger partial charge in [-0.15, -0.1) is 0 Å². The summed E-state index contributed by atoms with van der Waals surface area (Å²) in [6, 6.07) is 0.679. The number of aldehydes is 1. The molecule has 2 unspecified atom stereocenters. The average molecular weight is 184 g/mol. The zero-order valence-electron chi connectivity index (χ0n) is 8.86. The van der Waals surface area contributed by atoms with Crippen LogP contribution in [-0.4, -0.2) is 55.9 Å². The van der Waals surface area contributed by atoms with Crippen LogP contribution in [0.2, 0.25) is 0 Å². The van der Waals surface area contributed by atoms with Gasteiger partial charge in [0.25, 0.3) is 0 Å². The molecule has 3 heteroatoms. The molecule has 0 saturated carbocycles. The van der Waals surface area contributed by atoms with Gasteiger partial charge in [-0.1, -0.05) is 6.92 Å². The first kappa shape index (κ1) is 10.7. The van der Waals surface area contributed by atoms with Gasteiger partial charge in [0.1, 0.15) is 6.29 Å². The van der Waals surface area contributed by atoms with Crippen LogP contribution in [0.4, 0.5) is 0 Å². The Kier molecular flexibility index (Phi) is 3.88. The summed E-state index contributed by atoms with van der Waals surface area (Å²) >= 11 is 0. The van der Waals surface area contributed by atoms with Crippen molar-refractivity contribution in [2.45, 2.75) is 19.4 Å². The van der Waals surface area contributed by atoms with E-state index in [-0.39, 0.29) is 5.92 Å². The number of likely N-dealkylation sites (tertiary alicyclic amines) is 1. The summed E-state index contributed by atoms with van der Waals surface area (Å²) in [6.45, 7) is 5.16. The molecule has 1 aliphatic rings. The Bertz CT molecular complexity index is 170. The molecule has 0 aromatic heterocycles. The molecule has 1 heterocycles. The lowest BCUT2D eigenvalue weighted by Gasteiger charge is -2.21. The summed E-state index contributed by atoms with van der Waals surface area (Å²) < 4.78 is 0. The van der Waals surface area contributed by atoms with Crippen LogP contribution in [0.1, 0.15) is 13.3 Å². The Labute approximate surface area is 80.7 Å². The van der Waals surface area contributed by atoms with E-state index in [9.17, 15) is 4.79 Å². The fourth-order valence-electron chi connectivity index (χ4n) is 1.85. The molecule has 0 aliphatic carbocycles. The molecule has 3 nitrogen and oxygen atoms in total. The Hall–Kier alpha value is -0.410. The average Bonchev–Trinajstić information content (AvgIpc) is 2.52. The van der Waals surface area contributed by atoms with E-state index < -0.39 is 0 Å². The van der Waals surface area contributed by atoms with Crippen molar-refractivity contribution in [3.63, 3.8) is 0 Å². The first-order valence-electron chi connectivity index (χ1n) is 4.97. The molecule has 1 saturated heterocycles. The maximum absolute atomic E-state index is 10.5. The number of likely N-dealkylation sites (N-methyl/N-ethyl adjacent to an activating group) is 1. The van der Waals surface area contributed by atoms with E-state index in [1.54, 1.807) is 0 Å². The summed E-state index contributed by atoms with van der Waals surface area (Å²) in [6.07, 6.45) is 2.28. The second-order valence-electron chi connectivity index (χ2n) is 4.28. The topological polar surface area (TPSA) is 23.6 Å². The van der Waals surface area contributed by atoms with Crippen molar-refractivity contribution in [1.82, 2.24) is 9.80 Å². The highest BCUT2D eigenvalue weighted by Crippen LogP contribution is 2.13. The molecule has 1 rings (SSSR count). The molecule has 0 aromatic carbocycles. The number of hydrogen-bond acceptors (Lipinski definition) is 3. The standard InChI is InChI=1S/C10H20N2O/c1-9(8-13)6-12-5-4-10(7-12)11(2)3/h8-10H,4-7H2,1-3H3. The lowest BCUT2D eigenvalue weighted by Crippen LogP contribution is -2.33. The van der Waals surface area contributed by atoms with Crippen LogP contribution in [0.3, 0.4) is 0 Å². The molecule has 0 N–H and O–H groups in total. The quantitative estimate of drug-likeness (QED) is 0.593. The Morgan fingerprint density at radius 2 is 2.31 bits per heavy atom. The van der Waals surface area contributed by atoms with Crippen molar-refractivity contribution in [1.29, 1.82) is 0 Å². The second-order valence-corrected chi connectivity index (χ2v) is 4.28. The zero-order chi connectivity index (χ0) is 9.84. The normalized spacial score (nSPS) is 26.6. The third-order valence-corrected chi connectivity index (χ3v) is 2.76. The smallest absolute Gasteiger partial charge is 0.124 e. The van der Waals surface area contributed by atoms with E-state index in [2.05, 4.69) is 23.9 Å². The number of hydrogen-bond donors (Lipinski definition) is 0. The summed E-state index contributed by atoms with van der Waals surface area (Å²) in [5.41, 5.74) is 0. The number of rotatable bonds is 4. The van der Waals surface area contributed by atoms with Gasteiger partial charge in [-0.2, -0.15) is 0 Å². The van der Waals surface area contributed by atoms with Crippen molar-refractivity contribution in [2.75, 3.05) is 33.7 Å². The third-order valence-electron chi connectivity index (χ3n) is 2.76. The van der Waals surface area contributed by atoms with Gasteiger partial charge in [0, 0.05) is 25.0 Å². The van der Waals surface area contributed by atoms with Crippen LogP contribution >= 0.6 is 0 Å². The minimum Gasteiger partial charge on any atom is -0.305 e. The van der Waals surface area contributed by atoms with Crippen LogP contribution in [0.15, 0.2) is 0 Å². The van der Waals surface area contributed by atoms with E-state index in [1.165, 1.54) is 6.42 Å². The first-order valence-corrected chi connectivity index (χ1v) is 4.97. The van der Waals surface area contributed by atoms with Crippen molar-refractivity contribution >= 4 is 6.29 Å². The Morgan fingerprint density at radius 3 is 2.77 bits per heavy atom. The van der Waals surface area contributed by atoms with Crippen molar-refractivity contribution in [2.24, 2.45) is 5.92 Å². The van der Waals surface area contributed by atoms with Crippen molar-refractivity contribution < 1.29 is 4.79 Å². The minimum absolute atomic E-state index is 0.181. The summed E-state index contributed by atoms with van der Waals surface area (Å²) in [5.74, 6) is 0.181. The Morgan fingerprint density at radius 1 is 1.62 bits per heavy atom. The van der Waals surface area contributed by atoms with Gasteiger partial charge in [0.15, 0.2) is 0 Å². The number of nitrogens with zero attached hydrogens (tertiary/aromatic N) is 2. The largest absolute Gasteiger partial charge is 0.305 e. The van der Waals surface area contributed by atoms with Crippen LogP contribution in [0.5, 0.6) is 0 Å². The molecular formula is C10H20N2O. The molecule has 0 aromatic rings. The molecular weight excluding hydrogens is 164 g/mol. The maximum Gasteiger partial charge on any atom is 0.124 e. The molecule has 0 amide bonds. The van der Waals surface area contributed by atoms with Gasteiger partial charge < -0.3 is 14.6 Å². The molecule has 13 heavy (non-hydrogen) atoms. The summed E-state index contributed by atoms with van der Waals surface area (Å²) in [5, 5.41) is 0. The van der Waals surface area contributed by atoms with Crippen molar-refractivity contribution in [3.05, 3.63) is 0 Å². The maximum atomic E-state index is 10.5. The predicted octanol–water partition coefficient (Wildman–Crippen LogP) is 0.457. The third kappa shape index (κ3) is 3.08. The van der Waals surface area contributed by atoms with E-state index in [4.69, 9.17) is 0 Å². The van der Waals surface area contributed by atoms with Gasteiger partial charge in [-0.25, -0.2) is 0 Å². The molecule has 0 spiro atoms. The van der Waals surface area contributed by atoms with Crippen LogP contribution in [-0.2, 0) is 4.79 Å². The zero-order valence-corrected chi connectivity index (χ0v) is 8.86. The van der Waals surface area contributed by atoms with Gasteiger partial charge in [-0.05, 0) is 27.1 Å². The molecule has 1 fully saturated rings. The molecule has 0 radical (unpaired) electrons. The SMILES string of the molecule is CC(C=O)CN1CCC(N(C)C)C1. The van der Waals surface area contributed by atoms with Crippen LogP contribution in [0, 0.1) is 5.92 Å². The van der Waals surface area contributed by atoms with Crippen molar-refractivity contribution in [3.8, 4) is 0 Å². The highest BCUT2D eigenvalue weighted by Gasteiger charge is 2.24. The lowest BCUT2D eigenvalue weighted by molar-refractivity contribution is -0.111. The summed E-state index contributed by atoms with van der Waals surface area (Å²) in [4.78, 5) is 15.1. The van der Waals surface area contributed by atoms with E-state index in [0.717, 1.165) is 25.9 Å². The summed E-state index contributed by atoms with van der Waals surface area (Å²) in [7, 11) is 4.24. The van der Waals surface area contributed by atoms with Gasteiger partial charge in [-0.3, -0.25) is 0 Å². The van der Waals surface area contributed by atoms with Crippen LogP contribution in [0.25, 0.3) is 0 Å². The fourth-order valence-corrected chi connectivity index (χ4v) is 1.85. The Balaban J connectivity index is 2.28. The highest BCUT2D eigenvalue weighted by atomic mass is 16.1.